The predicted molar refractivity (Wildman–Crippen MR) is 100 cm³/mol. The number of fused-ring (bicyclic) bond motifs is 2. The van der Waals surface area contributed by atoms with Crippen LogP contribution in [0.3, 0.4) is 0 Å². The van der Waals surface area contributed by atoms with Crippen LogP contribution in [0.4, 0.5) is 11.5 Å². The minimum absolute atomic E-state index is 0.568. The Morgan fingerprint density at radius 1 is 1.19 bits per heavy atom. The van der Waals surface area contributed by atoms with Crippen LogP contribution >= 0.6 is 0 Å². The average Bonchev–Trinajstić information content (AvgIpc) is 3.36. The van der Waals surface area contributed by atoms with Gasteiger partial charge in [-0.3, -0.25) is 5.10 Å². The second kappa shape index (κ2) is 6.25. The first-order valence-electron chi connectivity index (χ1n) is 8.89. The maximum absolute atomic E-state index is 9.54. The summed E-state index contributed by atoms with van der Waals surface area (Å²) in [6.45, 7) is 0. The van der Waals surface area contributed by atoms with Gasteiger partial charge in [0.15, 0.2) is 12.2 Å². The van der Waals surface area contributed by atoms with Gasteiger partial charge in [-0.05, 0) is 55.5 Å². The molecule has 2 N–H and O–H groups in total. The van der Waals surface area contributed by atoms with Gasteiger partial charge < -0.3 is 9.73 Å². The summed E-state index contributed by atoms with van der Waals surface area (Å²) in [5.74, 6) is 1.20. The average molecular weight is 356 g/mol. The molecule has 5 rings (SSSR count). The third-order valence-corrected chi connectivity index (χ3v) is 4.91. The van der Waals surface area contributed by atoms with Gasteiger partial charge in [0.1, 0.15) is 17.6 Å². The molecule has 1 aliphatic carbocycles. The van der Waals surface area contributed by atoms with Crippen LogP contribution in [0.1, 0.15) is 29.7 Å². The van der Waals surface area contributed by atoms with E-state index in [0.717, 1.165) is 48.0 Å². The van der Waals surface area contributed by atoms with Gasteiger partial charge in [0.05, 0.1) is 17.3 Å². The van der Waals surface area contributed by atoms with Crippen LogP contribution in [-0.4, -0.2) is 20.2 Å². The summed E-state index contributed by atoms with van der Waals surface area (Å²) in [5, 5.41) is 21.1. The number of nitrogens with zero attached hydrogens (tertiary/aromatic N) is 4. The number of pyridine rings is 1. The maximum atomic E-state index is 9.54. The number of nitrogens with one attached hydrogen (secondary N) is 2. The first kappa shape index (κ1) is 15.6. The van der Waals surface area contributed by atoms with E-state index in [1.807, 2.05) is 24.3 Å². The van der Waals surface area contributed by atoms with E-state index in [-0.39, 0.29) is 0 Å². The fourth-order valence-electron chi connectivity index (χ4n) is 3.56. The fraction of sp³-hybridized carbons (Fsp3) is 0.200. The smallest absolute Gasteiger partial charge is 0.181 e. The zero-order valence-electron chi connectivity index (χ0n) is 14.5. The SMILES string of the molecule is N#Cc1cc2c(nc1Nc1ccc3[nH]nc(-c4cnco4)c3c1)CCCC2. The van der Waals surface area contributed by atoms with Crippen molar-refractivity contribution in [1.29, 1.82) is 5.26 Å². The van der Waals surface area contributed by atoms with Crippen molar-refractivity contribution in [3.8, 4) is 17.5 Å². The summed E-state index contributed by atoms with van der Waals surface area (Å²) in [6.07, 6.45) is 7.29. The lowest BCUT2D eigenvalue weighted by Crippen LogP contribution is -2.08. The van der Waals surface area contributed by atoms with E-state index in [1.54, 1.807) is 6.20 Å². The number of aromatic amines is 1. The van der Waals surface area contributed by atoms with Crippen LogP contribution in [0.2, 0.25) is 0 Å². The highest BCUT2D eigenvalue weighted by molar-refractivity contribution is 5.94. The Morgan fingerprint density at radius 3 is 2.96 bits per heavy atom. The first-order valence-corrected chi connectivity index (χ1v) is 8.89. The Kier molecular flexibility index (Phi) is 3.61. The normalized spacial score (nSPS) is 13.3. The highest BCUT2D eigenvalue weighted by Crippen LogP contribution is 2.31. The molecule has 0 radical (unpaired) electrons. The minimum atomic E-state index is 0.568. The Hall–Kier alpha value is -3.66. The molecule has 1 aliphatic rings. The number of hydrogen-bond donors (Lipinski definition) is 2. The number of anilines is 2. The summed E-state index contributed by atoms with van der Waals surface area (Å²) < 4.78 is 5.37. The van der Waals surface area contributed by atoms with Crippen LogP contribution in [0.15, 0.2) is 41.3 Å². The van der Waals surface area contributed by atoms with E-state index in [2.05, 4.69) is 26.6 Å². The van der Waals surface area contributed by atoms with E-state index in [1.165, 1.54) is 12.0 Å². The van der Waals surface area contributed by atoms with Crippen molar-refractivity contribution >= 4 is 22.4 Å². The van der Waals surface area contributed by atoms with Crippen molar-refractivity contribution in [2.45, 2.75) is 25.7 Å². The standard InChI is InChI=1S/C20H16N6O/c21-9-13-7-12-3-1-2-4-16(12)24-20(13)23-14-5-6-17-15(8-14)19(26-25-17)18-10-22-11-27-18/h5-8,10-11H,1-4H2,(H,23,24)(H,25,26). The molecule has 0 saturated carbocycles. The Bertz CT molecular complexity index is 1170. The molecular formula is C20H16N6O. The molecule has 0 amide bonds. The number of aromatic nitrogens is 4. The quantitative estimate of drug-likeness (QED) is 0.572. The fourth-order valence-corrected chi connectivity index (χ4v) is 3.56. The third kappa shape index (κ3) is 2.72. The Balaban J connectivity index is 1.55. The van der Waals surface area contributed by atoms with Crippen molar-refractivity contribution in [1.82, 2.24) is 20.2 Å². The van der Waals surface area contributed by atoms with E-state index < -0.39 is 0 Å². The molecule has 3 heterocycles. The van der Waals surface area contributed by atoms with Gasteiger partial charge in [0, 0.05) is 16.8 Å². The molecule has 0 aliphatic heterocycles. The molecule has 0 spiro atoms. The molecule has 0 saturated heterocycles. The number of rotatable bonds is 3. The number of benzene rings is 1. The molecular weight excluding hydrogens is 340 g/mol. The van der Waals surface area contributed by atoms with Gasteiger partial charge in [0.2, 0.25) is 0 Å². The second-order valence-corrected chi connectivity index (χ2v) is 6.63. The summed E-state index contributed by atoms with van der Waals surface area (Å²) >= 11 is 0. The number of hydrogen-bond acceptors (Lipinski definition) is 6. The first-order chi connectivity index (χ1) is 13.3. The lowest BCUT2D eigenvalue weighted by Gasteiger charge is -2.17. The topological polar surface area (TPSA) is 103 Å². The molecule has 27 heavy (non-hydrogen) atoms. The number of nitriles is 1. The summed E-state index contributed by atoms with van der Waals surface area (Å²) in [4.78, 5) is 8.69. The lowest BCUT2D eigenvalue weighted by atomic mass is 9.95. The molecule has 3 aromatic heterocycles. The van der Waals surface area contributed by atoms with Gasteiger partial charge in [-0.25, -0.2) is 9.97 Å². The zero-order chi connectivity index (χ0) is 18.2. The van der Waals surface area contributed by atoms with E-state index in [9.17, 15) is 5.26 Å². The largest absolute Gasteiger partial charge is 0.442 e. The summed E-state index contributed by atoms with van der Waals surface area (Å²) in [6, 6.07) is 10.1. The highest BCUT2D eigenvalue weighted by Gasteiger charge is 2.16. The second-order valence-electron chi connectivity index (χ2n) is 6.63. The molecule has 0 atom stereocenters. The van der Waals surface area contributed by atoms with Crippen molar-refractivity contribution < 1.29 is 4.42 Å². The molecule has 7 nitrogen and oxygen atoms in total. The summed E-state index contributed by atoms with van der Waals surface area (Å²) in [7, 11) is 0. The number of oxazole rings is 1. The van der Waals surface area contributed by atoms with Gasteiger partial charge in [-0.15, -0.1) is 0 Å². The highest BCUT2D eigenvalue weighted by atomic mass is 16.3. The van der Waals surface area contributed by atoms with Gasteiger partial charge >= 0.3 is 0 Å². The van der Waals surface area contributed by atoms with Crippen LogP contribution in [0, 0.1) is 11.3 Å². The van der Waals surface area contributed by atoms with Crippen LogP contribution < -0.4 is 5.32 Å². The number of H-pyrrole nitrogens is 1. The van der Waals surface area contributed by atoms with E-state index in [4.69, 9.17) is 9.40 Å². The molecule has 1 aromatic carbocycles. The van der Waals surface area contributed by atoms with Crippen molar-refractivity contribution in [3.05, 3.63) is 53.7 Å². The third-order valence-electron chi connectivity index (χ3n) is 4.91. The molecule has 4 aromatic rings. The zero-order valence-corrected chi connectivity index (χ0v) is 14.5. The number of aryl methyl sites for hydroxylation is 2. The van der Waals surface area contributed by atoms with Crippen LogP contribution in [0.25, 0.3) is 22.4 Å². The Labute approximate surface area is 155 Å². The predicted octanol–water partition coefficient (Wildman–Crippen LogP) is 4.11. The van der Waals surface area contributed by atoms with Crippen LogP contribution in [0.5, 0.6) is 0 Å². The molecule has 0 fully saturated rings. The monoisotopic (exact) mass is 356 g/mol. The Morgan fingerprint density at radius 2 is 2.11 bits per heavy atom. The van der Waals surface area contributed by atoms with Crippen molar-refractivity contribution in [2.24, 2.45) is 0 Å². The van der Waals surface area contributed by atoms with Gasteiger partial charge in [-0.1, -0.05) is 0 Å². The molecule has 0 bridgehead atoms. The summed E-state index contributed by atoms with van der Waals surface area (Å²) in [5.41, 5.74) is 5.29. The van der Waals surface area contributed by atoms with Gasteiger partial charge in [0.25, 0.3) is 0 Å². The van der Waals surface area contributed by atoms with Gasteiger partial charge in [-0.2, -0.15) is 10.4 Å². The minimum Gasteiger partial charge on any atom is -0.442 e. The molecule has 0 unspecified atom stereocenters. The van der Waals surface area contributed by atoms with Crippen LogP contribution in [-0.2, 0) is 12.8 Å². The lowest BCUT2D eigenvalue weighted by molar-refractivity contribution is 0.570. The van der Waals surface area contributed by atoms with E-state index >= 15 is 0 Å². The van der Waals surface area contributed by atoms with E-state index in [0.29, 0.717) is 22.8 Å². The molecule has 132 valence electrons. The molecule has 7 heteroatoms. The van der Waals surface area contributed by atoms with Crippen molar-refractivity contribution in [3.63, 3.8) is 0 Å². The van der Waals surface area contributed by atoms with Crippen molar-refractivity contribution in [2.75, 3.05) is 5.32 Å². The maximum Gasteiger partial charge on any atom is 0.181 e.